The van der Waals surface area contributed by atoms with E-state index in [9.17, 15) is 18.0 Å². The van der Waals surface area contributed by atoms with E-state index in [1.54, 1.807) is 31.7 Å². The number of rotatable bonds is 4. The second-order valence-corrected chi connectivity index (χ2v) is 9.86. The van der Waals surface area contributed by atoms with Crippen LogP contribution in [-0.2, 0) is 23.9 Å². The van der Waals surface area contributed by atoms with Crippen molar-refractivity contribution in [2.75, 3.05) is 6.54 Å². The van der Waals surface area contributed by atoms with Crippen LogP contribution in [0.3, 0.4) is 0 Å². The number of carbonyl (C=O) groups excluding carboxylic acids is 1. The molecule has 0 saturated heterocycles. The number of fused-ring (bicyclic) bond motifs is 1. The van der Waals surface area contributed by atoms with Gasteiger partial charge < -0.3 is 9.30 Å². The molecule has 32 heavy (non-hydrogen) atoms. The highest BCUT2D eigenvalue weighted by Crippen LogP contribution is 2.44. The van der Waals surface area contributed by atoms with Crippen molar-refractivity contribution in [1.29, 1.82) is 0 Å². The number of halogens is 4. The second kappa shape index (κ2) is 8.28. The fraction of sp³-hybridized carbons (Fsp3) is 0.565. The molecular weight excluding hydrogens is 443 g/mol. The first-order valence-electron chi connectivity index (χ1n) is 10.9. The molecule has 0 bridgehead atoms. The molecule has 1 aliphatic heterocycles. The van der Waals surface area contributed by atoms with E-state index in [0.29, 0.717) is 42.6 Å². The Morgan fingerprint density at radius 3 is 2.56 bits per heavy atom. The van der Waals surface area contributed by atoms with Gasteiger partial charge in [0.05, 0.1) is 17.3 Å². The summed E-state index contributed by atoms with van der Waals surface area (Å²) in [6.07, 6.45) is -1.95. The van der Waals surface area contributed by atoms with Crippen molar-refractivity contribution in [2.45, 2.75) is 76.7 Å². The van der Waals surface area contributed by atoms with Gasteiger partial charge in [0.25, 0.3) is 0 Å². The number of hydrogen-bond donors (Lipinski definition) is 0. The summed E-state index contributed by atoms with van der Waals surface area (Å²) >= 11 is 6.54. The molecule has 2 heterocycles. The maximum atomic E-state index is 13.1. The minimum absolute atomic E-state index is 0.355. The summed E-state index contributed by atoms with van der Waals surface area (Å²) in [5.74, 6) is 1.33. The molecule has 1 fully saturated rings. The van der Waals surface area contributed by atoms with Crippen LogP contribution in [-0.4, -0.2) is 32.7 Å². The largest absolute Gasteiger partial charge is 0.444 e. The lowest BCUT2D eigenvalue weighted by Gasteiger charge is -2.38. The number of imidazole rings is 1. The van der Waals surface area contributed by atoms with E-state index in [4.69, 9.17) is 16.3 Å². The third-order valence-corrected chi connectivity index (χ3v) is 6.06. The quantitative estimate of drug-likeness (QED) is 0.523. The lowest BCUT2D eigenvalue weighted by atomic mass is 9.99. The number of aryl methyl sites for hydroxylation is 1. The summed E-state index contributed by atoms with van der Waals surface area (Å²) in [6.45, 7) is 6.40. The summed E-state index contributed by atoms with van der Waals surface area (Å²) in [5.41, 5.74) is -0.0397. The molecule has 0 radical (unpaired) electrons. The molecular formula is C23H27ClF3N3O2. The number of amides is 1. The van der Waals surface area contributed by atoms with E-state index in [1.807, 2.05) is 0 Å². The first-order valence-corrected chi connectivity index (χ1v) is 11.2. The number of alkyl halides is 3. The maximum absolute atomic E-state index is 13.1. The third-order valence-electron chi connectivity index (χ3n) is 5.78. The fourth-order valence-corrected chi connectivity index (χ4v) is 4.52. The number of nitrogens with zero attached hydrogens (tertiary/aromatic N) is 3. The minimum Gasteiger partial charge on any atom is -0.444 e. The van der Waals surface area contributed by atoms with Gasteiger partial charge in [0.15, 0.2) is 5.15 Å². The predicted molar refractivity (Wildman–Crippen MR) is 115 cm³/mol. The van der Waals surface area contributed by atoms with Gasteiger partial charge in [-0.05, 0) is 58.1 Å². The average molecular weight is 470 g/mol. The maximum Gasteiger partial charge on any atom is 0.416 e. The Hall–Kier alpha value is -2.22. The molecule has 9 heteroatoms. The molecule has 2 aliphatic rings. The number of benzene rings is 1. The highest BCUT2D eigenvalue weighted by molar-refractivity contribution is 6.30. The van der Waals surface area contributed by atoms with Gasteiger partial charge in [-0.15, -0.1) is 0 Å². The van der Waals surface area contributed by atoms with Crippen LogP contribution in [0.5, 0.6) is 0 Å². The van der Waals surface area contributed by atoms with E-state index >= 15 is 0 Å². The van der Waals surface area contributed by atoms with Crippen LogP contribution in [0.25, 0.3) is 0 Å². The summed E-state index contributed by atoms with van der Waals surface area (Å²) in [4.78, 5) is 19.2. The number of hydrogen-bond acceptors (Lipinski definition) is 3. The van der Waals surface area contributed by atoms with Crippen molar-refractivity contribution < 1.29 is 22.7 Å². The minimum atomic E-state index is -4.40. The van der Waals surface area contributed by atoms with Gasteiger partial charge in [0.2, 0.25) is 0 Å². The predicted octanol–water partition coefficient (Wildman–Crippen LogP) is 6.36. The molecule has 0 spiro atoms. The van der Waals surface area contributed by atoms with E-state index in [0.717, 1.165) is 36.5 Å². The van der Waals surface area contributed by atoms with Crippen molar-refractivity contribution >= 4 is 17.7 Å². The standard InChI is InChI=1S/C23H27ClF3N3O2/c1-22(2,3)32-21(31)29-11-12-30-18(19(24)28-20(30)15-8-9-15)17(29)10-7-14-5-4-6-16(13-14)23(25,26)27/h4-6,13,15,17H,7-12H2,1-3H3. The highest BCUT2D eigenvalue weighted by Gasteiger charge is 2.40. The molecule has 1 unspecified atom stereocenters. The Morgan fingerprint density at radius 1 is 1.22 bits per heavy atom. The van der Waals surface area contributed by atoms with E-state index < -0.39 is 29.5 Å². The van der Waals surface area contributed by atoms with Gasteiger partial charge in [0.1, 0.15) is 11.4 Å². The van der Waals surface area contributed by atoms with Gasteiger partial charge >= 0.3 is 12.3 Å². The number of carbonyl (C=O) groups is 1. The van der Waals surface area contributed by atoms with Crippen LogP contribution in [0.2, 0.25) is 5.15 Å². The molecule has 1 aromatic carbocycles. The molecule has 1 saturated carbocycles. The highest BCUT2D eigenvalue weighted by atomic mass is 35.5. The summed E-state index contributed by atoms with van der Waals surface area (Å²) in [7, 11) is 0. The first-order chi connectivity index (χ1) is 14.9. The molecule has 5 nitrogen and oxygen atoms in total. The third kappa shape index (κ3) is 4.90. The molecule has 1 amide bonds. The van der Waals surface area contributed by atoms with Crippen LogP contribution in [0.4, 0.5) is 18.0 Å². The van der Waals surface area contributed by atoms with Gasteiger partial charge in [0, 0.05) is 19.0 Å². The van der Waals surface area contributed by atoms with Crippen LogP contribution in [0, 0.1) is 0 Å². The summed E-state index contributed by atoms with van der Waals surface area (Å²) < 4.78 is 47.1. The molecule has 174 valence electrons. The second-order valence-electron chi connectivity index (χ2n) is 9.50. The summed E-state index contributed by atoms with van der Waals surface area (Å²) in [5, 5.41) is 0.356. The summed E-state index contributed by atoms with van der Waals surface area (Å²) in [6, 6.07) is 4.87. The van der Waals surface area contributed by atoms with Crippen LogP contribution >= 0.6 is 11.6 Å². The fourth-order valence-electron chi connectivity index (χ4n) is 4.21. The van der Waals surface area contributed by atoms with Crippen LogP contribution in [0.1, 0.15) is 74.6 Å². The van der Waals surface area contributed by atoms with E-state index in [-0.39, 0.29) is 0 Å². The Kier molecular flexibility index (Phi) is 5.94. The van der Waals surface area contributed by atoms with Gasteiger partial charge in [-0.2, -0.15) is 13.2 Å². The zero-order valence-electron chi connectivity index (χ0n) is 18.4. The first kappa shape index (κ1) is 23.0. The topological polar surface area (TPSA) is 47.4 Å². The normalized spacial score (nSPS) is 19.1. The van der Waals surface area contributed by atoms with Crippen molar-refractivity contribution in [3.8, 4) is 0 Å². The van der Waals surface area contributed by atoms with Gasteiger partial charge in [-0.3, -0.25) is 4.90 Å². The SMILES string of the molecule is CC(C)(C)OC(=O)N1CCn2c(C3CC3)nc(Cl)c2C1CCc1cccc(C(F)(F)F)c1. The Balaban J connectivity index is 1.63. The Labute approximate surface area is 190 Å². The molecule has 1 aromatic heterocycles. The lowest BCUT2D eigenvalue weighted by Crippen LogP contribution is -2.45. The molecule has 0 N–H and O–H groups in total. The Morgan fingerprint density at radius 2 is 1.94 bits per heavy atom. The zero-order chi connectivity index (χ0) is 23.3. The number of aromatic nitrogens is 2. The monoisotopic (exact) mass is 469 g/mol. The number of ether oxygens (including phenoxy) is 1. The van der Waals surface area contributed by atoms with Crippen molar-refractivity contribution in [3.05, 3.63) is 52.1 Å². The zero-order valence-corrected chi connectivity index (χ0v) is 19.1. The molecule has 1 atom stereocenters. The van der Waals surface area contributed by atoms with Crippen LogP contribution in [0.15, 0.2) is 24.3 Å². The Bertz CT molecular complexity index is 1010. The molecule has 1 aliphatic carbocycles. The molecule has 2 aromatic rings. The molecule has 4 rings (SSSR count). The van der Waals surface area contributed by atoms with Gasteiger partial charge in [-0.25, -0.2) is 9.78 Å². The lowest BCUT2D eigenvalue weighted by molar-refractivity contribution is -0.137. The van der Waals surface area contributed by atoms with Crippen LogP contribution < -0.4 is 0 Å². The van der Waals surface area contributed by atoms with E-state index in [2.05, 4.69) is 9.55 Å². The van der Waals surface area contributed by atoms with Gasteiger partial charge in [-0.1, -0.05) is 29.8 Å². The van der Waals surface area contributed by atoms with Crippen molar-refractivity contribution in [3.63, 3.8) is 0 Å². The van der Waals surface area contributed by atoms with Crippen molar-refractivity contribution in [2.24, 2.45) is 0 Å². The van der Waals surface area contributed by atoms with Crippen molar-refractivity contribution in [1.82, 2.24) is 14.5 Å². The smallest absolute Gasteiger partial charge is 0.416 e. The van der Waals surface area contributed by atoms with E-state index in [1.165, 1.54) is 6.07 Å². The average Bonchev–Trinajstić information content (AvgIpc) is 3.48.